The van der Waals surface area contributed by atoms with Gasteiger partial charge >= 0.3 is 0 Å². The van der Waals surface area contributed by atoms with E-state index in [4.69, 9.17) is 0 Å². The van der Waals surface area contributed by atoms with Crippen LogP contribution in [0.1, 0.15) is 40.4 Å². The van der Waals surface area contributed by atoms with Crippen molar-refractivity contribution in [1.82, 2.24) is 10.6 Å². The quantitative estimate of drug-likeness (QED) is 0.395. The predicted molar refractivity (Wildman–Crippen MR) is 138 cm³/mol. The van der Waals surface area contributed by atoms with Crippen molar-refractivity contribution in [2.24, 2.45) is 9.98 Å². The van der Waals surface area contributed by atoms with Crippen molar-refractivity contribution in [3.63, 3.8) is 0 Å². The van der Waals surface area contributed by atoms with Crippen LogP contribution in [0.4, 0.5) is 8.78 Å². The van der Waals surface area contributed by atoms with Gasteiger partial charge in [-0.05, 0) is 66.3 Å². The molecule has 6 nitrogen and oxygen atoms in total. The molecule has 0 fully saturated rings. The van der Waals surface area contributed by atoms with Crippen molar-refractivity contribution in [3.8, 4) is 0 Å². The second-order valence-corrected chi connectivity index (χ2v) is 9.25. The summed E-state index contributed by atoms with van der Waals surface area (Å²) in [5.74, 6) is -1.82. The van der Waals surface area contributed by atoms with Gasteiger partial charge in [0.05, 0.1) is 22.9 Å². The van der Waals surface area contributed by atoms with Gasteiger partial charge in [-0.1, -0.05) is 31.2 Å². The van der Waals surface area contributed by atoms with Crippen LogP contribution in [0.15, 0.2) is 70.6 Å². The Morgan fingerprint density at radius 1 is 0.946 bits per heavy atom. The van der Waals surface area contributed by atoms with Crippen LogP contribution in [0.2, 0.25) is 0 Å². The van der Waals surface area contributed by atoms with E-state index in [1.165, 1.54) is 17.7 Å². The number of aliphatic hydroxyl groups excluding tert-OH is 1. The molecular weight excluding hydrogens is 474 g/mol. The predicted octanol–water partition coefficient (Wildman–Crippen LogP) is 2.66. The SMILES string of the molecule is CCc1cccc(CNC[C@@H](O)[C@H](Cc2cc(F)cc(F)c2)NC(=O)c2ccc3c(c2)=NCCCN=3)c1. The summed E-state index contributed by atoms with van der Waals surface area (Å²) in [5, 5.41) is 18.5. The Morgan fingerprint density at radius 2 is 1.68 bits per heavy atom. The highest BCUT2D eigenvalue weighted by Crippen LogP contribution is 2.13. The number of hydrogen-bond acceptors (Lipinski definition) is 5. The van der Waals surface area contributed by atoms with Crippen LogP contribution in [-0.2, 0) is 19.4 Å². The summed E-state index contributed by atoms with van der Waals surface area (Å²) >= 11 is 0. The molecule has 3 N–H and O–H groups in total. The van der Waals surface area contributed by atoms with Crippen LogP contribution < -0.4 is 21.3 Å². The monoisotopic (exact) mass is 506 g/mol. The lowest BCUT2D eigenvalue weighted by Gasteiger charge is -2.25. The zero-order chi connectivity index (χ0) is 26.2. The number of hydrogen-bond donors (Lipinski definition) is 3. The summed E-state index contributed by atoms with van der Waals surface area (Å²) in [4.78, 5) is 22.1. The average molecular weight is 507 g/mol. The third-order valence-corrected chi connectivity index (χ3v) is 6.36. The molecule has 8 heteroatoms. The molecule has 2 atom stereocenters. The van der Waals surface area contributed by atoms with Crippen molar-refractivity contribution < 1.29 is 18.7 Å². The van der Waals surface area contributed by atoms with Gasteiger partial charge < -0.3 is 15.7 Å². The second kappa shape index (κ2) is 12.7. The number of halogens is 2. The molecule has 1 amide bonds. The first-order chi connectivity index (χ1) is 17.9. The van der Waals surface area contributed by atoms with Gasteiger partial charge in [0.1, 0.15) is 11.6 Å². The minimum atomic E-state index is -1.01. The van der Waals surface area contributed by atoms with Gasteiger partial charge in [0.2, 0.25) is 0 Å². The first kappa shape index (κ1) is 26.6. The molecule has 0 saturated heterocycles. The van der Waals surface area contributed by atoms with E-state index in [2.05, 4.69) is 39.7 Å². The van der Waals surface area contributed by atoms with Gasteiger partial charge in [-0.25, -0.2) is 8.78 Å². The zero-order valence-electron chi connectivity index (χ0n) is 20.9. The van der Waals surface area contributed by atoms with Crippen LogP contribution >= 0.6 is 0 Å². The van der Waals surface area contributed by atoms with E-state index >= 15 is 0 Å². The van der Waals surface area contributed by atoms with Crippen molar-refractivity contribution >= 4 is 5.91 Å². The van der Waals surface area contributed by atoms with Gasteiger partial charge in [-0.15, -0.1) is 0 Å². The highest BCUT2D eigenvalue weighted by atomic mass is 19.1. The molecule has 0 saturated carbocycles. The minimum absolute atomic E-state index is 0.0548. The lowest BCUT2D eigenvalue weighted by molar-refractivity contribution is 0.0829. The number of amides is 1. The van der Waals surface area contributed by atoms with Gasteiger partial charge in [0.15, 0.2) is 0 Å². The van der Waals surface area contributed by atoms with E-state index in [0.29, 0.717) is 36.1 Å². The van der Waals surface area contributed by atoms with E-state index < -0.39 is 29.7 Å². The van der Waals surface area contributed by atoms with Crippen LogP contribution in [-0.4, -0.2) is 42.8 Å². The molecule has 1 heterocycles. The number of aliphatic hydroxyl groups is 1. The van der Waals surface area contributed by atoms with Crippen LogP contribution in [0, 0.1) is 11.6 Å². The fourth-order valence-electron chi connectivity index (χ4n) is 4.38. The van der Waals surface area contributed by atoms with E-state index in [0.717, 1.165) is 29.8 Å². The number of carbonyl (C=O) groups excluding carboxylic acids is 1. The summed E-state index contributed by atoms with van der Waals surface area (Å²) in [6, 6.07) is 15.7. The fourth-order valence-corrected chi connectivity index (χ4v) is 4.38. The smallest absolute Gasteiger partial charge is 0.251 e. The fraction of sp³-hybridized carbons (Fsp3) is 0.345. The molecule has 1 aliphatic rings. The molecule has 3 aromatic carbocycles. The highest BCUT2D eigenvalue weighted by molar-refractivity contribution is 5.94. The molecule has 0 unspecified atom stereocenters. The first-order valence-corrected chi connectivity index (χ1v) is 12.6. The highest BCUT2D eigenvalue weighted by Gasteiger charge is 2.23. The van der Waals surface area contributed by atoms with Gasteiger partial charge in [0.25, 0.3) is 5.91 Å². The summed E-state index contributed by atoms with van der Waals surface area (Å²) in [6.45, 7) is 4.14. The number of aryl methyl sites for hydroxylation is 1. The van der Waals surface area contributed by atoms with Crippen molar-refractivity contribution in [3.05, 3.63) is 105 Å². The summed E-state index contributed by atoms with van der Waals surface area (Å²) in [6.07, 6.45) is 0.827. The Kier molecular flexibility index (Phi) is 9.09. The molecule has 3 aromatic rings. The van der Waals surface area contributed by atoms with Gasteiger partial charge in [-0.3, -0.25) is 14.8 Å². The average Bonchev–Trinajstić information content (AvgIpc) is 3.12. The molecule has 0 spiro atoms. The van der Waals surface area contributed by atoms with Gasteiger partial charge in [-0.2, -0.15) is 0 Å². The summed E-state index contributed by atoms with van der Waals surface area (Å²) in [7, 11) is 0. The summed E-state index contributed by atoms with van der Waals surface area (Å²) < 4.78 is 27.7. The Hall–Kier alpha value is -3.49. The maximum Gasteiger partial charge on any atom is 0.251 e. The molecule has 0 aliphatic carbocycles. The second-order valence-electron chi connectivity index (χ2n) is 9.25. The molecule has 37 heavy (non-hydrogen) atoms. The van der Waals surface area contributed by atoms with E-state index in [1.807, 2.05) is 12.1 Å². The van der Waals surface area contributed by atoms with Crippen LogP contribution in [0.25, 0.3) is 0 Å². The minimum Gasteiger partial charge on any atom is -0.390 e. The number of rotatable bonds is 10. The maximum absolute atomic E-state index is 13.8. The molecule has 0 radical (unpaired) electrons. The molecule has 0 aromatic heterocycles. The molecule has 4 rings (SSSR count). The molecule has 194 valence electrons. The van der Waals surface area contributed by atoms with E-state index in [-0.39, 0.29) is 13.0 Å². The Balaban J connectivity index is 1.49. The number of fused-ring (bicyclic) bond motifs is 1. The number of carbonyl (C=O) groups is 1. The molecular formula is C29H32F2N4O2. The maximum atomic E-state index is 13.8. The third-order valence-electron chi connectivity index (χ3n) is 6.36. The topological polar surface area (TPSA) is 86.1 Å². The normalized spacial score (nSPS) is 14.5. The third kappa shape index (κ3) is 7.50. The van der Waals surface area contributed by atoms with Crippen molar-refractivity contribution in [2.75, 3.05) is 19.6 Å². The first-order valence-electron chi connectivity index (χ1n) is 12.6. The van der Waals surface area contributed by atoms with Gasteiger partial charge in [0, 0.05) is 37.8 Å². The van der Waals surface area contributed by atoms with E-state index in [9.17, 15) is 18.7 Å². The number of nitrogens with zero attached hydrogens (tertiary/aromatic N) is 2. The molecule has 0 bridgehead atoms. The lowest BCUT2D eigenvalue weighted by atomic mass is 10.00. The van der Waals surface area contributed by atoms with Crippen molar-refractivity contribution in [1.29, 1.82) is 0 Å². The Labute approximate surface area is 215 Å². The van der Waals surface area contributed by atoms with E-state index in [1.54, 1.807) is 18.2 Å². The van der Waals surface area contributed by atoms with Crippen molar-refractivity contribution in [2.45, 2.75) is 44.9 Å². The summed E-state index contributed by atoms with van der Waals surface area (Å²) in [5.41, 5.74) is 3.02. The Morgan fingerprint density at radius 3 is 2.43 bits per heavy atom. The number of benzene rings is 3. The molecule has 1 aliphatic heterocycles. The van der Waals surface area contributed by atoms with Crippen LogP contribution in [0.5, 0.6) is 0 Å². The number of nitrogens with one attached hydrogen (secondary N) is 2. The Bertz CT molecular complexity index is 1340. The zero-order valence-corrected chi connectivity index (χ0v) is 20.9. The van der Waals surface area contributed by atoms with Crippen LogP contribution in [0.3, 0.4) is 0 Å². The standard InChI is InChI=1S/C29H32F2N4O2/c1-2-19-5-3-6-20(11-19)17-32-18-28(36)27(14-21-12-23(30)16-24(31)13-21)35-29(37)22-7-8-25-26(15-22)34-10-4-9-33-25/h3,5-8,11-13,15-16,27-28,32,36H,2,4,9-10,14,17-18H2,1H3,(H,35,37)/t27-,28+/m0/s1. The lowest BCUT2D eigenvalue weighted by Crippen LogP contribution is -2.49. The largest absolute Gasteiger partial charge is 0.390 e.